The molecule has 3 N–H and O–H groups in total. The molecule has 0 unspecified atom stereocenters. The molecule has 1 aromatic heterocycles. The summed E-state index contributed by atoms with van der Waals surface area (Å²) >= 11 is 4.45. The van der Waals surface area contributed by atoms with Crippen LogP contribution in [0.1, 0.15) is 15.4 Å². The van der Waals surface area contributed by atoms with Crippen molar-refractivity contribution >= 4 is 44.0 Å². The lowest BCUT2D eigenvalue weighted by Gasteiger charge is -2.04. The van der Waals surface area contributed by atoms with Gasteiger partial charge in [-0.25, -0.2) is 0 Å². The van der Waals surface area contributed by atoms with Gasteiger partial charge in [0.2, 0.25) is 10.1 Å². The van der Waals surface area contributed by atoms with Gasteiger partial charge in [-0.15, -0.1) is 10.2 Å². The first-order valence-corrected chi connectivity index (χ1v) is 6.33. The Morgan fingerprint density at radius 1 is 1.47 bits per heavy atom. The van der Waals surface area contributed by atoms with Crippen LogP contribution in [0, 0.1) is 6.92 Å². The highest BCUT2D eigenvalue weighted by Gasteiger charge is 2.11. The molecule has 0 bridgehead atoms. The number of amides is 1. The number of benzene rings is 1. The van der Waals surface area contributed by atoms with Gasteiger partial charge in [-0.1, -0.05) is 27.3 Å². The molecule has 2 rings (SSSR count). The van der Waals surface area contributed by atoms with Crippen molar-refractivity contribution < 1.29 is 4.79 Å². The number of carbonyl (C=O) groups is 1. The molecule has 0 aliphatic carbocycles. The molecular formula is C10H9BrN4OS. The number of nitrogen functional groups attached to an aromatic ring is 1. The van der Waals surface area contributed by atoms with E-state index in [1.165, 1.54) is 0 Å². The predicted molar refractivity (Wildman–Crippen MR) is 71.2 cm³/mol. The number of carbonyl (C=O) groups excluding carboxylic acids is 1. The monoisotopic (exact) mass is 312 g/mol. The van der Waals surface area contributed by atoms with E-state index < -0.39 is 0 Å². The molecule has 0 saturated carbocycles. The number of hydrogen-bond acceptors (Lipinski definition) is 5. The van der Waals surface area contributed by atoms with Crippen molar-refractivity contribution in [3.63, 3.8) is 0 Å². The molecule has 2 aromatic rings. The van der Waals surface area contributed by atoms with Crippen LogP contribution in [0.2, 0.25) is 0 Å². The second-order valence-corrected chi connectivity index (χ2v) is 5.23. The maximum Gasteiger partial charge on any atom is 0.286 e. The zero-order chi connectivity index (χ0) is 12.4. The number of aromatic nitrogens is 2. The van der Waals surface area contributed by atoms with Crippen LogP contribution in [0.15, 0.2) is 22.7 Å². The fourth-order valence-corrected chi connectivity index (χ4v) is 1.99. The zero-order valence-electron chi connectivity index (χ0n) is 8.90. The SMILES string of the molecule is Cc1cc(NC(=O)c2nnc(N)s2)ccc1Br. The molecule has 5 nitrogen and oxygen atoms in total. The highest BCUT2D eigenvalue weighted by atomic mass is 79.9. The van der Waals surface area contributed by atoms with Gasteiger partial charge < -0.3 is 11.1 Å². The lowest BCUT2D eigenvalue weighted by atomic mass is 10.2. The molecule has 0 radical (unpaired) electrons. The zero-order valence-corrected chi connectivity index (χ0v) is 11.3. The Bertz CT molecular complexity index is 569. The number of hydrogen-bond donors (Lipinski definition) is 2. The second kappa shape index (κ2) is 4.80. The molecule has 0 aliphatic heterocycles. The van der Waals surface area contributed by atoms with Gasteiger partial charge in [0.15, 0.2) is 0 Å². The number of nitrogens with one attached hydrogen (secondary N) is 1. The van der Waals surface area contributed by atoms with Gasteiger partial charge in [0.25, 0.3) is 5.91 Å². The van der Waals surface area contributed by atoms with E-state index in [0.717, 1.165) is 21.4 Å². The van der Waals surface area contributed by atoms with Gasteiger partial charge in [-0.05, 0) is 30.7 Å². The number of aryl methyl sites for hydroxylation is 1. The maximum absolute atomic E-state index is 11.8. The molecule has 0 fully saturated rings. The standard InChI is InChI=1S/C10H9BrN4OS/c1-5-4-6(2-3-7(5)11)13-8(16)9-14-15-10(12)17-9/h2-4H,1H3,(H2,12,15)(H,13,16). The highest BCUT2D eigenvalue weighted by Crippen LogP contribution is 2.21. The third kappa shape index (κ3) is 2.80. The first-order valence-electron chi connectivity index (χ1n) is 4.73. The Labute approximate surface area is 110 Å². The minimum atomic E-state index is -0.305. The Morgan fingerprint density at radius 3 is 2.82 bits per heavy atom. The van der Waals surface area contributed by atoms with E-state index >= 15 is 0 Å². The minimum absolute atomic E-state index is 0.253. The molecule has 1 amide bonds. The summed E-state index contributed by atoms with van der Waals surface area (Å²) in [5, 5.41) is 10.5. The van der Waals surface area contributed by atoms with Crippen molar-refractivity contribution in [1.29, 1.82) is 0 Å². The summed E-state index contributed by atoms with van der Waals surface area (Å²) < 4.78 is 0.996. The van der Waals surface area contributed by atoms with Crippen molar-refractivity contribution in [2.45, 2.75) is 6.92 Å². The fraction of sp³-hybridized carbons (Fsp3) is 0.100. The number of anilines is 2. The Balaban J connectivity index is 2.15. The van der Waals surface area contributed by atoms with E-state index in [9.17, 15) is 4.79 Å². The number of nitrogens with zero attached hydrogens (tertiary/aromatic N) is 2. The Kier molecular flexibility index (Phi) is 3.39. The van der Waals surface area contributed by atoms with Crippen LogP contribution in [0.4, 0.5) is 10.8 Å². The average Bonchev–Trinajstić information content (AvgIpc) is 2.70. The first-order chi connectivity index (χ1) is 8.06. The fourth-order valence-electron chi connectivity index (χ4n) is 1.23. The lowest BCUT2D eigenvalue weighted by Crippen LogP contribution is -2.11. The largest absolute Gasteiger partial charge is 0.374 e. The van der Waals surface area contributed by atoms with Gasteiger partial charge in [-0.3, -0.25) is 4.79 Å². The van der Waals surface area contributed by atoms with Gasteiger partial charge >= 0.3 is 0 Å². The van der Waals surface area contributed by atoms with Crippen molar-refractivity contribution in [2.75, 3.05) is 11.1 Å². The topological polar surface area (TPSA) is 80.9 Å². The molecular weight excluding hydrogens is 304 g/mol. The summed E-state index contributed by atoms with van der Waals surface area (Å²) in [6.07, 6.45) is 0. The molecule has 17 heavy (non-hydrogen) atoms. The van der Waals surface area contributed by atoms with E-state index in [1.54, 1.807) is 6.07 Å². The molecule has 0 aliphatic rings. The first kappa shape index (κ1) is 12.0. The molecule has 0 spiro atoms. The summed E-state index contributed by atoms with van der Waals surface area (Å²) in [6, 6.07) is 5.55. The van der Waals surface area contributed by atoms with Crippen molar-refractivity contribution in [3.05, 3.63) is 33.2 Å². The van der Waals surface area contributed by atoms with Crippen LogP contribution in [-0.2, 0) is 0 Å². The average molecular weight is 313 g/mol. The molecule has 1 aromatic carbocycles. The van der Waals surface area contributed by atoms with Crippen LogP contribution in [-0.4, -0.2) is 16.1 Å². The molecule has 0 atom stereocenters. The summed E-state index contributed by atoms with van der Waals surface area (Å²) in [5.74, 6) is -0.305. The predicted octanol–water partition coefficient (Wildman–Crippen LogP) is 2.44. The summed E-state index contributed by atoms with van der Waals surface area (Å²) in [6.45, 7) is 1.95. The van der Waals surface area contributed by atoms with Crippen LogP contribution in [0.5, 0.6) is 0 Å². The van der Waals surface area contributed by atoms with Crippen molar-refractivity contribution in [3.8, 4) is 0 Å². The summed E-state index contributed by atoms with van der Waals surface area (Å²) in [5.41, 5.74) is 7.17. The quantitative estimate of drug-likeness (QED) is 0.892. The van der Waals surface area contributed by atoms with Gasteiger partial charge in [0.1, 0.15) is 0 Å². The number of nitrogens with two attached hydrogens (primary N) is 1. The molecule has 1 heterocycles. The molecule has 7 heteroatoms. The number of rotatable bonds is 2. The van der Waals surface area contributed by atoms with E-state index in [2.05, 4.69) is 31.4 Å². The van der Waals surface area contributed by atoms with E-state index in [0.29, 0.717) is 5.69 Å². The Morgan fingerprint density at radius 2 is 2.24 bits per heavy atom. The maximum atomic E-state index is 11.8. The third-order valence-electron chi connectivity index (χ3n) is 2.05. The minimum Gasteiger partial charge on any atom is -0.374 e. The van der Waals surface area contributed by atoms with Crippen LogP contribution < -0.4 is 11.1 Å². The smallest absolute Gasteiger partial charge is 0.286 e. The van der Waals surface area contributed by atoms with E-state index in [4.69, 9.17) is 5.73 Å². The van der Waals surface area contributed by atoms with Crippen molar-refractivity contribution in [2.24, 2.45) is 0 Å². The van der Waals surface area contributed by atoms with Gasteiger partial charge in [0.05, 0.1) is 0 Å². The summed E-state index contributed by atoms with van der Waals surface area (Å²) in [7, 11) is 0. The highest BCUT2D eigenvalue weighted by molar-refractivity contribution is 9.10. The van der Waals surface area contributed by atoms with Crippen molar-refractivity contribution in [1.82, 2.24) is 10.2 Å². The second-order valence-electron chi connectivity index (χ2n) is 3.36. The number of halogens is 1. The molecule has 88 valence electrons. The van der Waals surface area contributed by atoms with E-state index in [-0.39, 0.29) is 16.0 Å². The molecule has 0 saturated heterocycles. The van der Waals surface area contributed by atoms with Gasteiger partial charge in [-0.2, -0.15) is 0 Å². The third-order valence-corrected chi connectivity index (χ3v) is 3.69. The van der Waals surface area contributed by atoms with Crippen LogP contribution in [0.3, 0.4) is 0 Å². The Hall–Kier alpha value is -1.47. The van der Waals surface area contributed by atoms with E-state index in [1.807, 2.05) is 19.1 Å². The van der Waals surface area contributed by atoms with Gasteiger partial charge in [0, 0.05) is 10.2 Å². The van der Waals surface area contributed by atoms with Crippen LogP contribution in [0.25, 0.3) is 0 Å². The van der Waals surface area contributed by atoms with Crippen LogP contribution >= 0.6 is 27.3 Å². The normalized spacial score (nSPS) is 10.2. The lowest BCUT2D eigenvalue weighted by molar-refractivity contribution is 0.102. The summed E-state index contributed by atoms with van der Waals surface area (Å²) in [4.78, 5) is 11.8.